The van der Waals surface area contributed by atoms with Crippen LogP contribution in [0.2, 0.25) is 0 Å². The zero-order valence-electron chi connectivity index (χ0n) is 18.0. The quantitative estimate of drug-likeness (QED) is 0.476. The van der Waals surface area contributed by atoms with Crippen LogP contribution >= 0.6 is 11.8 Å². The van der Waals surface area contributed by atoms with Crippen molar-refractivity contribution >= 4 is 35.0 Å². The van der Waals surface area contributed by atoms with Crippen molar-refractivity contribution in [2.45, 2.75) is 32.0 Å². The Morgan fingerprint density at radius 1 is 1.12 bits per heavy atom. The highest BCUT2D eigenvalue weighted by Crippen LogP contribution is 2.20. The van der Waals surface area contributed by atoms with Crippen molar-refractivity contribution in [3.05, 3.63) is 59.7 Å². The summed E-state index contributed by atoms with van der Waals surface area (Å²) in [4.78, 5) is 24.7. The maximum absolute atomic E-state index is 13.9. The second-order valence-corrected chi connectivity index (χ2v) is 7.86. The van der Waals surface area contributed by atoms with E-state index in [-0.39, 0.29) is 29.7 Å². The van der Waals surface area contributed by atoms with Gasteiger partial charge in [-0.15, -0.1) is 10.2 Å². The average Bonchev–Trinajstić information content (AvgIpc) is 3.15. The van der Waals surface area contributed by atoms with Gasteiger partial charge in [-0.05, 0) is 43.7 Å². The van der Waals surface area contributed by atoms with Gasteiger partial charge >= 0.3 is 0 Å². The second-order valence-electron chi connectivity index (χ2n) is 6.92. The summed E-state index contributed by atoms with van der Waals surface area (Å²) in [5.41, 5.74) is 1.52. The highest BCUT2D eigenvalue weighted by atomic mass is 32.2. The number of amides is 2. The Labute approximate surface area is 189 Å². The monoisotopic (exact) mass is 457 g/mol. The van der Waals surface area contributed by atoms with Crippen LogP contribution in [0.15, 0.2) is 47.6 Å². The van der Waals surface area contributed by atoms with Crippen molar-refractivity contribution in [1.29, 1.82) is 0 Å². The van der Waals surface area contributed by atoms with E-state index in [1.165, 1.54) is 23.9 Å². The summed E-state index contributed by atoms with van der Waals surface area (Å²) < 4.78 is 20.9. The Morgan fingerprint density at radius 3 is 2.66 bits per heavy atom. The van der Waals surface area contributed by atoms with Gasteiger partial charge in [-0.1, -0.05) is 23.9 Å². The smallest absolute Gasteiger partial charge is 0.234 e. The summed E-state index contributed by atoms with van der Waals surface area (Å²) in [5.74, 6) is 0.0681. The SMILES string of the molecule is CCn1c(CC(=O)Nc2cccc(OC)c2)nnc1SCC(=O)Nc1ccc(C)cc1F. The molecule has 0 unspecified atom stereocenters. The minimum absolute atomic E-state index is 0.0272. The van der Waals surface area contributed by atoms with Crippen LogP contribution in [-0.4, -0.2) is 39.4 Å². The number of ether oxygens (including phenoxy) is 1. The van der Waals surface area contributed by atoms with Crippen molar-refractivity contribution < 1.29 is 18.7 Å². The molecule has 2 N–H and O–H groups in total. The summed E-state index contributed by atoms with van der Waals surface area (Å²) in [5, 5.41) is 14.1. The average molecular weight is 458 g/mol. The highest BCUT2D eigenvalue weighted by Gasteiger charge is 2.17. The molecule has 8 nitrogen and oxygen atoms in total. The number of hydrogen-bond donors (Lipinski definition) is 2. The largest absolute Gasteiger partial charge is 0.497 e. The predicted octanol–water partition coefficient (Wildman–Crippen LogP) is 3.67. The van der Waals surface area contributed by atoms with E-state index in [4.69, 9.17) is 4.74 Å². The third-order valence-corrected chi connectivity index (χ3v) is 5.48. The molecule has 168 valence electrons. The maximum Gasteiger partial charge on any atom is 0.234 e. The molecule has 2 amide bonds. The number of carbonyl (C=O) groups is 2. The number of benzene rings is 2. The highest BCUT2D eigenvalue weighted by molar-refractivity contribution is 7.99. The Kier molecular flexibility index (Phi) is 7.82. The summed E-state index contributed by atoms with van der Waals surface area (Å²) in [6.45, 7) is 4.21. The number of hydrogen-bond acceptors (Lipinski definition) is 6. The first-order valence-electron chi connectivity index (χ1n) is 9.94. The Bertz CT molecular complexity index is 1120. The van der Waals surface area contributed by atoms with Gasteiger partial charge in [0.05, 0.1) is 25.0 Å². The molecule has 0 saturated carbocycles. The number of aryl methyl sites for hydroxylation is 1. The molecule has 0 aliphatic carbocycles. The van der Waals surface area contributed by atoms with E-state index >= 15 is 0 Å². The van der Waals surface area contributed by atoms with Gasteiger partial charge in [0, 0.05) is 18.3 Å². The Morgan fingerprint density at radius 2 is 1.94 bits per heavy atom. The molecule has 32 heavy (non-hydrogen) atoms. The van der Waals surface area contributed by atoms with Gasteiger partial charge in [0.2, 0.25) is 11.8 Å². The van der Waals surface area contributed by atoms with Crippen molar-refractivity contribution in [2.24, 2.45) is 0 Å². The number of aromatic nitrogens is 3. The number of halogens is 1. The number of nitrogens with one attached hydrogen (secondary N) is 2. The zero-order chi connectivity index (χ0) is 23.1. The lowest BCUT2D eigenvalue weighted by Gasteiger charge is -2.09. The van der Waals surface area contributed by atoms with Crippen LogP contribution in [0, 0.1) is 12.7 Å². The summed E-state index contributed by atoms with van der Waals surface area (Å²) in [7, 11) is 1.56. The number of carbonyl (C=O) groups excluding carboxylic acids is 2. The minimum Gasteiger partial charge on any atom is -0.497 e. The Balaban J connectivity index is 1.59. The lowest BCUT2D eigenvalue weighted by Crippen LogP contribution is -2.18. The van der Waals surface area contributed by atoms with Crippen molar-refractivity contribution in [1.82, 2.24) is 14.8 Å². The molecule has 10 heteroatoms. The van der Waals surface area contributed by atoms with Crippen molar-refractivity contribution in [2.75, 3.05) is 23.5 Å². The van der Waals surface area contributed by atoms with Crippen LogP contribution in [0.4, 0.5) is 15.8 Å². The van der Waals surface area contributed by atoms with E-state index in [1.807, 2.05) is 6.92 Å². The molecule has 0 aliphatic heterocycles. The van der Waals surface area contributed by atoms with E-state index in [0.717, 1.165) is 5.56 Å². The molecule has 0 radical (unpaired) electrons. The van der Waals surface area contributed by atoms with Gasteiger partial charge in [-0.25, -0.2) is 4.39 Å². The first kappa shape index (κ1) is 23.3. The first-order valence-corrected chi connectivity index (χ1v) is 10.9. The molecule has 0 atom stereocenters. The normalized spacial score (nSPS) is 10.6. The third-order valence-electron chi connectivity index (χ3n) is 4.51. The summed E-state index contributed by atoms with van der Waals surface area (Å²) in [6, 6.07) is 11.7. The van der Waals surface area contributed by atoms with E-state index in [2.05, 4.69) is 20.8 Å². The molecule has 0 spiro atoms. The molecule has 1 heterocycles. The Hall–Kier alpha value is -3.40. The first-order chi connectivity index (χ1) is 15.4. The maximum atomic E-state index is 13.9. The third kappa shape index (κ3) is 6.07. The molecule has 0 fully saturated rings. The van der Waals surface area contributed by atoms with Gasteiger partial charge in [0.25, 0.3) is 0 Å². The molecule has 3 rings (SSSR count). The van der Waals surface area contributed by atoms with Crippen molar-refractivity contribution in [3.63, 3.8) is 0 Å². The predicted molar refractivity (Wildman–Crippen MR) is 122 cm³/mol. The second kappa shape index (κ2) is 10.8. The van der Waals surface area contributed by atoms with E-state index < -0.39 is 5.82 Å². The summed E-state index contributed by atoms with van der Waals surface area (Å²) >= 11 is 1.17. The lowest BCUT2D eigenvalue weighted by atomic mass is 10.2. The number of thioether (sulfide) groups is 1. The van der Waals surface area contributed by atoms with Gasteiger partial charge < -0.3 is 19.9 Å². The van der Waals surface area contributed by atoms with Gasteiger partial charge in [-0.3, -0.25) is 9.59 Å². The van der Waals surface area contributed by atoms with Crippen LogP contribution in [-0.2, 0) is 22.6 Å². The molecule has 1 aromatic heterocycles. The number of nitrogens with zero attached hydrogens (tertiary/aromatic N) is 3. The van der Waals surface area contributed by atoms with Crippen LogP contribution in [0.5, 0.6) is 5.75 Å². The van der Waals surface area contributed by atoms with Gasteiger partial charge in [0.1, 0.15) is 17.4 Å². The standard InChI is InChI=1S/C22H24FN5O3S/c1-4-28-19(12-20(29)24-15-6-5-7-16(11-15)31-3)26-27-22(28)32-13-21(30)25-18-9-8-14(2)10-17(18)23/h5-11H,4,12-13H2,1-3H3,(H,24,29)(H,25,30). The summed E-state index contributed by atoms with van der Waals surface area (Å²) in [6.07, 6.45) is 0.0272. The van der Waals surface area contributed by atoms with Crippen LogP contribution in [0.1, 0.15) is 18.3 Å². The van der Waals surface area contributed by atoms with Crippen molar-refractivity contribution in [3.8, 4) is 5.75 Å². The molecule has 0 saturated heterocycles. The molecular formula is C22H24FN5O3S. The van der Waals surface area contributed by atoms with E-state index in [1.54, 1.807) is 48.9 Å². The van der Waals surface area contributed by atoms with E-state index in [9.17, 15) is 14.0 Å². The minimum atomic E-state index is -0.482. The molecular weight excluding hydrogens is 433 g/mol. The number of anilines is 2. The zero-order valence-corrected chi connectivity index (χ0v) is 18.8. The van der Waals surface area contributed by atoms with Crippen LogP contribution in [0.25, 0.3) is 0 Å². The molecule has 3 aromatic rings. The molecule has 2 aromatic carbocycles. The van der Waals surface area contributed by atoms with Crippen LogP contribution < -0.4 is 15.4 Å². The molecule has 0 bridgehead atoms. The van der Waals surface area contributed by atoms with Gasteiger partial charge in [0.15, 0.2) is 5.16 Å². The van der Waals surface area contributed by atoms with Crippen LogP contribution in [0.3, 0.4) is 0 Å². The van der Waals surface area contributed by atoms with E-state index in [0.29, 0.717) is 29.0 Å². The molecule has 0 aliphatic rings. The fraction of sp³-hybridized carbons (Fsp3) is 0.273. The number of methoxy groups -OCH3 is 1. The fourth-order valence-corrected chi connectivity index (χ4v) is 3.78. The number of rotatable bonds is 9. The van der Waals surface area contributed by atoms with Gasteiger partial charge in [-0.2, -0.15) is 0 Å². The fourth-order valence-electron chi connectivity index (χ4n) is 2.96. The topological polar surface area (TPSA) is 98.1 Å². The lowest BCUT2D eigenvalue weighted by molar-refractivity contribution is -0.116.